The van der Waals surface area contributed by atoms with E-state index in [1.807, 2.05) is 12.1 Å². The van der Waals surface area contributed by atoms with Gasteiger partial charge in [0.15, 0.2) is 0 Å². The number of hydrogen-bond donors (Lipinski definition) is 0. The number of esters is 1. The van der Waals surface area contributed by atoms with E-state index in [0.29, 0.717) is 11.5 Å². The number of rotatable bonds is 3. The highest BCUT2D eigenvalue weighted by Gasteiger charge is 2.37. The van der Waals surface area contributed by atoms with Crippen LogP contribution in [-0.2, 0) is 4.74 Å². The van der Waals surface area contributed by atoms with Gasteiger partial charge in [0, 0.05) is 23.0 Å². The molecule has 154 valence electrons. The number of allylic oxidation sites excluding steroid dienone is 4. The Morgan fingerprint density at radius 2 is 1.37 bits per heavy atom. The normalized spacial score (nSPS) is 19.4. The summed E-state index contributed by atoms with van der Waals surface area (Å²) in [6.45, 7) is 0. The van der Waals surface area contributed by atoms with Crippen molar-refractivity contribution in [2.24, 2.45) is 0 Å². The number of ether oxygens (including phenoxy) is 1. The van der Waals surface area contributed by atoms with Gasteiger partial charge in [-0.15, -0.1) is 0 Å². The van der Waals surface area contributed by atoms with Crippen LogP contribution >= 0.6 is 0 Å². The summed E-state index contributed by atoms with van der Waals surface area (Å²) in [7, 11) is 1.43. The van der Waals surface area contributed by atoms with Crippen LogP contribution in [0.2, 0.25) is 0 Å². The van der Waals surface area contributed by atoms with Crippen molar-refractivity contribution in [2.75, 3.05) is 12.0 Å². The maximum absolute atomic E-state index is 11.9. The van der Waals surface area contributed by atoms with Gasteiger partial charge in [0.25, 0.3) is 0 Å². The second-order valence-corrected chi connectivity index (χ2v) is 8.58. The Morgan fingerprint density at radius 1 is 0.800 bits per heavy atom. The zero-order valence-corrected chi connectivity index (χ0v) is 17.7. The monoisotopic (exact) mass is 399 g/mol. The van der Waals surface area contributed by atoms with E-state index in [4.69, 9.17) is 4.74 Å². The Labute approximate surface area is 179 Å². The van der Waals surface area contributed by atoms with Gasteiger partial charge < -0.3 is 9.64 Å². The van der Waals surface area contributed by atoms with Crippen LogP contribution in [0.1, 0.15) is 73.2 Å². The molecule has 0 spiro atoms. The van der Waals surface area contributed by atoms with Crippen molar-refractivity contribution in [1.29, 1.82) is 0 Å². The van der Waals surface area contributed by atoms with E-state index in [1.165, 1.54) is 68.3 Å². The Kier molecular flexibility index (Phi) is 5.20. The van der Waals surface area contributed by atoms with Gasteiger partial charge in [-0.3, -0.25) is 0 Å². The molecule has 1 heterocycles. The lowest BCUT2D eigenvalue weighted by Gasteiger charge is -2.45. The summed E-state index contributed by atoms with van der Waals surface area (Å²) in [6, 6.07) is 19.1. The maximum Gasteiger partial charge on any atom is 0.337 e. The lowest BCUT2D eigenvalue weighted by molar-refractivity contribution is 0.0601. The fraction of sp³-hybridized carbons (Fsp3) is 0.370. The molecule has 0 bridgehead atoms. The Balaban J connectivity index is 1.64. The Bertz CT molecular complexity index is 967. The molecule has 3 aliphatic rings. The summed E-state index contributed by atoms with van der Waals surface area (Å²) >= 11 is 0. The smallest absolute Gasteiger partial charge is 0.337 e. The molecule has 30 heavy (non-hydrogen) atoms. The zero-order valence-electron chi connectivity index (χ0n) is 17.7. The van der Waals surface area contributed by atoms with E-state index in [1.54, 1.807) is 11.1 Å². The standard InChI is InChI=1S/C27H29NO2/c1-30-27(29)20-15-17-21(18-16-20)28-24-13-7-5-11-22(24)26(19-9-3-2-4-10-19)23-12-6-8-14-25(23)28/h2-4,9-10,15-18,26H,5-8,11-14H2,1H3. The van der Waals surface area contributed by atoms with Gasteiger partial charge in [-0.2, -0.15) is 0 Å². The SMILES string of the molecule is COC(=O)c1ccc(N2C3=C(CCCC3)C(c3ccccc3)C3=C2CCCC3)cc1. The minimum atomic E-state index is -0.278. The van der Waals surface area contributed by atoms with Crippen LogP contribution in [0.3, 0.4) is 0 Å². The summed E-state index contributed by atoms with van der Waals surface area (Å²) in [5.41, 5.74) is 9.47. The minimum Gasteiger partial charge on any atom is -0.465 e. The fourth-order valence-corrected chi connectivity index (χ4v) is 5.56. The van der Waals surface area contributed by atoms with Crippen molar-refractivity contribution >= 4 is 11.7 Å². The number of benzene rings is 2. The molecule has 0 amide bonds. The first-order valence-electron chi connectivity index (χ1n) is 11.2. The molecule has 3 heteroatoms. The first-order chi connectivity index (χ1) is 14.8. The molecule has 0 N–H and O–H groups in total. The van der Waals surface area contributed by atoms with Gasteiger partial charge in [-0.1, -0.05) is 30.3 Å². The molecular formula is C27H29NO2. The highest BCUT2D eigenvalue weighted by molar-refractivity contribution is 5.89. The number of carbonyl (C=O) groups excluding carboxylic acids is 1. The fourth-order valence-electron chi connectivity index (χ4n) is 5.56. The van der Waals surface area contributed by atoms with Crippen LogP contribution in [-0.4, -0.2) is 13.1 Å². The van der Waals surface area contributed by atoms with Crippen molar-refractivity contribution in [2.45, 2.75) is 57.3 Å². The molecule has 0 unspecified atom stereocenters. The molecular weight excluding hydrogens is 370 g/mol. The number of hydrogen-bond acceptors (Lipinski definition) is 3. The van der Waals surface area contributed by atoms with Gasteiger partial charge in [-0.25, -0.2) is 4.79 Å². The predicted octanol–water partition coefficient (Wildman–Crippen LogP) is 6.73. The lowest BCUT2D eigenvalue weighted by Crippen LogP contribution is -2.34. The quantitative estimate of drug-likeness (QED) is 0.536. The molecule has 0 atom stereocenters. The lowest BCUT2D eigenvalue weighted by atomic mass is 9.71. The molecule has 2 aromatic rings. The average Bonchev–Trinajstić information content (AvgIpc) is 2.82. The van der Waals surface area contributed by atoms with E-state index in [9.17, 15) is 4.79 Å². The topological polar surface area (TPSA) is 29.5 Å². The van der Waals surface area contributed by atoms with E-state index in [-0.39, 0.29) is 5.97 Å². The van der Waals surface area contributed by atoms with E-state index >= 15 is 0 Å². The van der Waals surface area contributed by atoms with E-state index in [2.05, 4.69) is 47.4 Å². The summed E-state index contributed by atoms with van der Waals surface area (Å²) in [5.74, 6) is 0.168. The molecule has 5 rings (SSSR count). The molecule has 2 aromatic carbocycles. The molecule has 0 saturated heterocycles. The van der Waals surface area contributed by atoms with Crippen molar-refractivity contribution < 1.29 is 9.53 Å². The van der Waals surface area contributed by atoms with Gasteiger partial charge >= 0.3 is 5.97 Å². The molecule has 3 nitrogen and oxygen atoms in total. The van der Waals surface area contributed by atoms with Crippen LogP contribution in [0.25, 0.3) is 0 Å². The van der Waals surface area contributed by atoms with E-state index in [0.717, 1.165) is 12.8 Å². The summed E-state index contributed by atoms with van der Waals surface area (Å²) in [5, 5.41) is 0. The van der Waals surface area contributed by atoms with Crippen LogP contribution in [0.5, 0.6) is 0 Å². The number of nitrogens with zero attached hydrogens (tertiary/aromatic N) is 1. The molecule has 2 aliphatic carbocycles. The second kappa shape index (κ2) is 8.14. The summed E-state index contributed by atoms with van der Waals surface area (Å²) < 4.78 is 4.89. The largest absolute Gasteiger partial charge is 0.465 e. The van der Waals surface area contributed by atoms with Crippen LogP contribution in [0.15, 0.2) is 77.1 Å². The number of methoxy groups -OCH3 is 1. The van der Waals surface area contributed by atoms with Crippen molar-refractivity contribution in [1.82, 2.24) is 0 Å². The van der Waals surface area contributed by atoms with Crippen molar-refractivity contribution in [3.05, 3.63) is 88.3 Å². The Hall–Kier alpha value is -2.81. The molecule has 0 aromatic heterocycles. The molecule has 0 radical (unpaired) electrons. The highest BCUT2D eigenvalue weighted by atomic mass is 16.5. The van der Waals surface area contributed by atoms with Crippen molar-refractivity contribution in [3.63, 3.8) is 0 Å². The number of carbonyl (C=O) groups is 1. The van der Waals surface area contributed by atoms with Crippen LogP contribution < -0.4 is 4.90 Å². The third kappa shape index (κ3) is 3.27. The van der Waals surface area contributed by atoms with Gasteiger partial charge in [0.2, 0.25) is 0 Å². The predicted molar refractivity (Wildman–Crippen MR) is 120 cm³/mol. The van der Waals surface area contributed by atoms with Gasteiger partial charge in [0.1, 0.15) is 0 Å². The molecule has 1 aliphatic heterocycles. The molecule has 0 fully saturated rings. The third-order valence-electron chi connectivity index (χ3n) is 6.88. The minimum absolute atomic E-state index is 0.278. The highest BCUT2D eigenvalue weighted by Crippen LogP contribution is 2.52. The van der Waals surface area contributed by atoms with Gasteiger partial charge in [-0.05, 0) is 92.3 Å². The Morgan fingerprint density at radius 3 is 1.93 bits per heavy atom. The average molecular weight is 400 g/mol. The summed E-state index contributed by atoms with van der Waals surface area (Å²) in [6.07, 6.45) is 9.69. The summed E-state index contributed by atoms with van der Waals surface area (Å²) in [4.78, 5) is 14.4. The molecule has 0 saturated carbocycles. The first-order valence-corrected chi connectivity index (χ1v) is 11.2. The van der Waals surface area contributed by atoms with E-state index < -0.39 is 0 Å². The number of anilines is 1. The van der Waals surface area contributed by atoms with Crippen LogP contribution in [0, 0.1) is 0 Å². The first kappa shape index (κ1) is 19.2. The third-order valence-corrected chi connectivity index (χ3v) is 6.88. The van der Waals surface area contributed by atoms with Crippen molar-refractivity contribution in [3.8, 4) is 0 Å². The second-order valence-electron chi connectivity index (χ2n) is 8.58. The maximum atomic E-state index is 11.9. The van der Waals surface area contributed by atoms with Gasteiger partial charge in [0.05, 0.1) is 12.7 Å². The zero-order chi connectivity index (χ0) is 20.5. The van der Waals surface area contributed by atoms with Crippen LogP contribution in [0.4, 0.5) is 5.69 Å².